The van der Waals surface area contributed by atoms with E-state index in [9.17, 15) is 9.59 Å². The first-order chi connectivity index (χ1) is 13.5. The van der Waals surface area contributed by atoms with Crippen LogP contribution < -0.4 is 25.3 Å². The van der Waals surface area contributed by atoms with Crippen LogP contribution in [0.3, 0.4) is 0 Å². The van der Waals surface area contributed by atoms with Gasteiger partial charge in [0.1, 0.15) is 31.4 Å². The topological polar surface area (TPSA) is 99.9 Å². The van der Waals surface area contributed by atoms with Gasteiger partial charge in [0.2, 0.25) is 5.91 Å². The maximum atomic E-state index is 11.9. The quantitative estimate of drug-likeness (QED) is 0.717. The third-order valence-electron chi connectivity index (χ3n) is 4.37. The number of fused-ring (bicyclic) bond motifs is 1. The van der Waals surface area contributed by atoms with Crippen LogP contribution in [-0.2, 0) is 22.6 Å². The summed E-state index contributed by atoms with van der Waals surface area (Å²) in [5, 5.41) is 2.66. The number of carbonyl (C=O) groups excluding carboxylic acids is 2. The summed E-state index contributed by atoms with van der Waals surface area (Å²) in [5.74, 6) is 1.82. The highest BCUT2D eigenvalue weighted by Gasteiger charge is 2.16. The van der Waals surface area contributed by atoms with E-state index in [0.717, 1.165) is 22.6 Å². The lowest BCUT2D eigenvalue weighted by Gasteiger charge is -2.21. The fourth-order valence-electron chi connectivity index (χ4n) is 2.73. The van der Waals surface area contributed by atoms with E-state index >= 15 is 0 Å². The van der Waals surface area contributed by atoms with Gasteiger partial charge in [0, 0.05) is 12.1 Å². The zero-order valence-corrected chi connectivity index (χ0v) is 15.8. The number of amides is 1. The molecule has 0 fully saturated rings. The van der Waals surface area contributed by atoms with Crippen LogP contribution in [0.4, 0.5) is 0 Å². The number of ether oxygens (including phenoxy) is 3. The summed E-state index contributed by atoms with van der Waals surface area (Å²) >= 11 is 0. The van der Waals surface area contributed by atoms with Gasteiger partial charge < -0.3 is 25.3 Å². The van der Waals surface area contributed by atoms with Gasteiger partial charge in [-0.3, -0.25) is 9.59 Å². The monoisotopic (exact) mass is 384 g/mol. The van der Waals surface area contributed by atoms with Gasteiger partial charge in [0.05, 0.1) is 12.5 Å². The molecule has 0 radical (unpaired) electrons. The Morgan fingerprint density at radius 2 is 1.89 bits per heavy atom. The minimum absolute atomic E-state index is 0.141. The molecule has 2 aromatic carbocycles. The van der Waals surface area contributed by atoms with Crippen molar-refractivity contribution in [1.82, 2.24) is 5.32 Å². The molecule has 0 aliphatic carbocycles. The van der Waals surface area contributed by atoms with E-state index in [1.165, 1.54) is 6.92 Å². The highest BCUT2D eigenvalue weighted by Crippen LogP contribution is 2.34. The Bertz CT molecular complexity index is 835. The van der Waals surface area contributed by atoms with Gasteiger partial charge in [-0.15, -0.1) is 0 Å². The molecule has 0 saturated heterocycles. The molecule has 3 rings (SSSR count). The number of Topliss-reactive ketones (excluding diaryl/α,β-unsaturated/α-hetero) is 1. The lowest BCUT2D eigenvalue weighted by atomic mass is 10.1. The molecule has 148 valence electrons. The first-order valence-corrected chi connectivity index (χ1v) is 9.15. The molecular formula is C21H24N2O5. The molecule has 0 aromatic heterocycles. The fraction of sp³-hybridized carbons (Fsp3) is 0.333. The Morgan fingerprint density at radius 1 is 1.14 bits per heavy atom. The van der Waals surface area contributed by atoms with Crippen molar-refractivity contribution in [1.29, 1.82) is 0 Å². The van der Waals surface area contributed by atoms with Crippen LogP contribution in [0.5, 0.6) is 17.2 Å². The molecule has 0 unspecified atom stereocenters. The van der Waals surface area contributed by atoms with Crippen molar-refractivity contribution in [2.24, 2.45) is 5.73 Å². The first-order valence-electron chi connectivity index (χ1n) is 9.15. The standard InChI is InChI=1S/C21H24N2O5/c1-14(24)18(22)12-23-20(25)11-15-5-7-17(8-6-15)28-13-16-3-2-4-19-21(16)27-10-9-26-19/h2-8,18H,9-13,22H2,1H3,(H,23,25)/t18-/m0/s1. The largest absolute Gasteiger partial charge is 0.489 e. The Morgan fingerprint density at radius 3 is 2.64 bits per heavy atom. The van der Waals surface area contributed by atoms with Crippen LogP contribution in [0.15, 0.2) is 42.5 Å². The van der Waals surface area contributed by atoms with Gasteiger partial charge in [-0.25, -0.2) is 0 Å². The minimum atomic E-state index is -0.669. The molecule has 1 heterocycles. The summed E-state index contributed by atoms with van der Waals surface area (Å²) in [4.78, 5) is 23.0. The predicted molar refractivity (Wildman–Crippen MR) is 104 cm³/mol. The molecule has 0 saturated carbocycles. The Labute approximate surface area is 163 Å². The number of hydrogen-bond donors (Lipinski definition) is 2. The van der Waals surface area contributed by atoms with Gasteiger partial charge in [0.25, 0.3) is 0 Å². The van der Waals surface area contributed by atoms with Gasteiger partial charge >= 0.3 is 0 Å². The van der Waals surface area contributed by atoms with Crippen LogP contribution in [-0.4, -0.2) is 37.5 Å². The summed E-state index contributed by atoms with van der Waals surface area (Å²) in [7, 11) is 0. The third-order valence-corrected chi connectivity index (χ3v) is 4.37. The Hall–Kier alpha value is -3.06. The van der Waals surface area contributed by atoms with Crippen molar-refractivity contribution < 1.29 is 23.8 Å². The van der Waals surface area contributed by atoms with Crippen molar-refractivity contribution in [3.63, 3.8) is 0 Å². The summed E-state index contributed by atoms with van der Waals surface area (Å²) in [6.07, 6.45) is 0.211. The molecule has 7 nitrogen and oxygen atoms in total. The van der Waals surface area contributed by atoms with E-state index in [0.29, 0.717) is 25.6 Å². The lowest BCUT2D eigenvalue weighted by molar-refractivity contribution is -0.121. The molecule has 28 heavy (non-hydrogen) atoms. The molecular weight excluding hydrogens is 360 g/mol. The molecule has 1 aliphatic heterocycles. The maximum absolute atomic E-state index is 11.9. The number of nitrogens with one attached hydrogen (secondary N) is 1. The number of para-hydroxylation sites is 1. The number of hydrogen-bond acceptors (Lipinski definition) is 6. The minimum Gasteiger partial charge on any atom is -0.489 e. The number of rotatable bonds is 8. The average Bonchev–Trinajstić information content (AvgIpc) is 2.71. The van der Waals surface area contributed by atoms with E-state index < -0.39 is 6.04 Å². The number of ketones is 1. The fourth-order valence-corrected chi connectivity index (χ4v) is 2.73. The first kappa shape index (κ1) is 19.7. The normalized spacial score (nSPS) is 13.5. The molecule has 7 heteroatoms. The SMILES string of the molecule is CC(=O)[C@@H](N)CNC(=O)Cc1ccc(OCc2cccc3c2OCCO3)cc1. The van der Waals surface area contributed by atoms with Crippen molar-refractivity contribution in [2.75, 3.05) is 19.8 Å². The Kier molecular flexibility index (Phi) is 6.49. The second-order valence-corrected chi connectivity index (χ2v) is 6.57. The smallest absolute Gasteiger partial charge is 0.224 e. The van der Waals surface area contributed by atoms with E-state index in [4.69, 9.17) is 19.9 Å². The molecule has 0 spiro atoms. The number of nitrogens with two attached hydrogens (primary N) is 1. The molecule has 1 aliphatic rings. The van der Waals surface area contributed by atoms with Crippen LogP contribution >= 0.6 is 0 Å². The van der Waals surface area contributed by atoms with Crippen LogP contribution in [0.1, 0.15) is 18.1 Å². The van der Waals surface area contributed by atoms with E-state index in [2.05, 4.69) is 5.32 Å². The van der Waals surface area contributed by atoms with Crippen molar-refractivity contribution in [3.8, 4) is 17.2 Å². The second-order valence-electron chi connectivity index (χ2n) is 6.57. The average molecular weight is 384 g/mol. The molecule has 1 amide bonds. The third kappa shape index (κ3) is 5.23. The summed E-state index contributed by atoms with van der Waals surface area (Å²) in [6, 6.07) is 12.4. The van der Waals surface area contributed by atoms with Gasteiger partial charge in [-0.1, -0.05) is 24.3 Å². The zero-order valence-electron chi connectivity index (χ0n) is 15.8. The van der Waals surface area contributed by atoms with Crippen LogP contribution in [0, 0.1) is 0 Å². The molecule has 1 atom stereocenters. The van der Waals surface area contributed by atoms with Gasteiger partial charge in [0.15, 0.2) is 11.5 Å². The second kappa shape index (κ2) is 9.23. The highest BCUT2D eigenvalue weighted by molar-refractivity contribution is 5.83. The molecule has 0 bridgehead atoms. The number of benzene rings is 2. The zero-order chi connectivity index (χ0) is 19.9. The van der Waals surface area contributed by atoms with Crippen molar-refractivity contribution >= 4 is 11.7 Å². The van der Waals surface area contributed by atoms with Gasteiger partial charge in [-0.05, 0) is 30.7 Å². The van der Waals surface area contributed by atoms with Crippen molar-refractivity contribution in [3.05, 3.63) is 53.6 Å². The predicted octanol–water partition coefficient (Wildman–Crippen LogP) is 1.61. The van der Waals surface area contributed by atoms with Crippen molar-refractivity contribution in [2.45, 2.75) is 26.0 Å². The number of carbonyl (C=O) groups is 2. The van der Waals surface area contributed by atoms with Crippen LogP contribution in [0.2, 0.25) is 0 Å². The summed E-state index contributed by atoms with van der Waals surface area (Å²) < 4.78 is 17.1. The van der Waals surface area contributed by atoms with E-state index in [1.54, 1.807) is 0 Å². The summed E-state index contributed by atoms with van der Waals surface area (Å²) in [6.45, 7) is 2.98. The maximum Gasteiger partial charge on any atom is 0.224 e. The Balaban J connectivity index is 1.51. The molecule has 3 N–H and O–H groups in total. The molecule has 2 aromatic rings. The van der Waals surface area contributed by atoms with Crippen LogP contribution in [0.25, 0.3) is 0 Å². The lowest BCUT2D eigenvalue weighted by Crippen LogP contribution is -2.41. The van der Waals surface area contributed by atoms with E-state index in [-0.39, 0.29) is 24.7 Å². The van der Waals surface area contributed by atoms with E-state index in [1.807, 2.05) is 42.5 Å². The highest BCUT2D eigenvalue weighted by atomic mass is 16.6. The van der Waals surface area contributed by atoms with Gasteiger partial charge in [-0.2, -0.15) is 0 Å². The summed E-state index contributed by atoms with van der Waals surface area (Å²) in [5.41, 5.74) is 7.37.